The molecule has 1 amide bonds. The van der Waals surface area contributed by atoms with Crippen LogP contribution in [0.2, 0.25) is 0 Å². The summed E-state index contributed by atoms with van der Waals surface area (Å²) < 4.78 is 13.4. The van der Waals surface area contributed by atoms with Crippen LogP contribution < -0.4 is 5.32 Å². The monoisotopic (exact) mass is 277 g/mol. The Morgan fingerprint density at radius 1 is 1.21 bits per heavy atom. The third-order valence-electron chi connectivity index (χ3n) is 2.80. The first-order chi connectivity index (χ1) is 9.10. The average molecular weight is 278 g/mol. The lowest BCUT2D eigenvalue weighted by atomic mass is 10.1. The molecule has 0 aromatic heterocycles. The molecule has 0 saturated carbocycles. The molecule has 19 heavy (non-hydrogen) atoms. The van der Waals surface area contributed by atoms with E-state index in [-0.39, 0.29) is 11.7 Å². The van der Waals surface area contributed by atoms with Gasteiger partial charge in [-0.05, 0) is 42.3 Å². The molecular formula is C15H13ClFNO. The van der Waals surface area contributed by atoms with Crippen molar-refractivity contribution in [3.8, 4) is 0 Å². The number of halogens is 2. The maximum absolute atomic E-state index is 13.4. The summed E-state index contributed by atoms with van der Waals surface area (Å²) in [5, 5.41) is 2.65. The number of aryl methyl sites for hydroxylation is 1. The zero-order valence-corrected chi connectivity index (χ0v) is 11.2. The van der Waals surface area contributed by atoms with Gasteiger partial charge < -0.3 is 5.32 Å². The molecule has 0 fully saturated rings. The van der Waals surface area contributed by atoms with Gasteiger partial charge in [-0.3, -0.25) is 4.79 Å². The fraction of sp³-hybridized carbons (Fsp3) is 0.133. The highest BCUT2D eigenvalue weighted by atomic mass is 35.5. The van der Waals surface area contributed by atoms with Gasteiger partial charge in [-0.25, -0.2) is 4.39 Å². The Labute approximate surface area is 116 Å². The minimum Gasteiger partial charge on any atom is -0.322 e. The fourth-order valence-corrected chi connectivity index (χ4v) is 1.80. The van der Waals surface area contributed by atoms with Crippen LogP contribution in [0, 0.1) is 12.7 Å². The summed E-state index contributed by atoms with van der Waals surface area (Å²) in [6.45, 7) is 1.67. The molecule has 98 valence electrons. The van der Waals surface area contributed by atoms with E-state index in [0.717, 1.165) is 5.56 Å². The molecule has 0 heterocycles. The lowest BCUT2D eigenvalue weighted by molar-refractivity contribution is 0.102. The second-order valence-corrected chi connectivity index (χ2v) is 4.52. The molecule has 0 bridgehead atoms. The third kappa shape index (κ3) is 3.32. The zero-order chi connectivity index (χ0) is 13.8. The van der Waals surface area contributed by atoms with E-state index in [4.69, 9.17) is 11.6 Å². The van der Waals surface area contributed by atoms with Crippen LogP contribution in [0.4, 0.5) is 10.1 Å². The molecule has 2 rings (SSSR count). The van der Waals surface area contributed by atoms with E-state index in [1.165, 1.54) is 6.07 Å². The Morgan fingerprint density at radius 2 is 1.89 bits per heavy atom. The summed E-state index contributed by atoms with van der Waals surface area (Å²) in [6, 6.07) is 11.6. The fourth-order valence-electron chi connectivity index (χ4n) is 1.62. The van der Waals surface area contributed by atoms with E-state index in [0.29, 0.717) is 22.7 Å². The van der Waals surface area contributed by atoms with Gasteiger partial charge in [0.25, 0.3) is 5.91 Å². The lowest BCUT2D eigenvalue weighted by Crippen LogP contribution is -2.12. The van der Waals surface area contributed by atoms with Crippen LogP contribution in [0.5, 0.6) is 0 Å². The number of benzene rings is 2. The van der Waals surface area contributed by atoms with Gasteiger partial charge in [-0.15, -0.1) is 11.6 Å². The second kappa shape index (κ2) is 5.85. The number of anilines is 1. The molecular weight excluding hydrogens is 265 g/mol. The predicted octanol–water partition coefficient (Wildman–Crippen LogP) is 4.13. The van der Waals surface area contributed by atoms with Gasteiger partial charge in [0, 0.05) is 17.1 Å². The van der Waals surface area contributed by atoms with Gasteiger partial charge in [0.2, 0.25) is 0 Å². The molecule has 1 N–H and O–H groups in total. The molecule has 0 aliphatic rings. The van der Waals surface area contributed by atoms with Gasteiger partial charge in [0.15, 0.2) is 0 Å². The number of nitrogens with one attached hydrogen (secondary N) is 1. The minimum atomic E-state index is -0.338. The molecule has 0 aliphatic heterocycles. The van der Waals surface area contributed by atoms with Gasteiger partial charge in [0.05, 0.1) is 0 Å². The number of carbonyl (C=O) groups excluding carboxylic acids is 1. The van der Waals surface area contributed by atoms with Crippen molar-refractivity contribution >= 4 is 23.2 Å². The topological polar surface area (TPSA) is 29.1 Å². The molecule has 0 aliphatic carbocycles. The van der Waals surface area contributed by atoms with Crippen molar-refractivity contribution in [2.75, 3.05) is 5.32 Å². The SMILES string of the molecule is Cc1ccc(NC(=O)c2ccc(CCl)cc2)cc1F. The number of hydrogen-bond acceptors (Lipinski definition) is 1. The molecule has 0 spiro atoms. The van der Waals surface area contributed by atoms with Gasteiger partial charge in [-0.1, -0.05) is 18.2 Å². The van der Waals surface area contributed by atoms with Gasteiger partial charge in [-0.2, -0.15) is 0 Å². The Kier molecular flexibility index (Phi) is 4.17. The van der Waals surface area contributed by atoms with E-state index in [1.54, 1.807) is 43.3 Å². The highest BCUT2D eigenvalue weighted by Gasteiger charge is 2.07. The first-order valence-electron chi connectivity index (χ1n) is 5.82. The molecule has 2 aromatic carbocycles. The Balaban J connectivity index is 2.13. The standard InChI is InChI=1S/C15H13ClFNO/c1-10-2-7-13(8-14(10)17)18-15(19)12-5-3-11(9-16)4-6-12/h2-8H,9H2,1H3,(H,18,19). The van der Waals surface area contributed by atoms with E-state index < -0.39 is 0 Å². The average Bonchev–Trinajstić information content (AvgIpc) is 2.43. The van der Waals surface area contributed by atoms with Crippen LogP contribution in [0.1, 0.15) is 21.5 Å². The van der Waals surface area contributed by atoms with Crippen LogP contribution in [0.15, 0.2) is 42.5 Å². The van der Waals surface area contributed by atoms with Crippen molar-refractivity contribution in [2.45, 2.75) is 12.8 Å². The van der Waals surface area contributed by atoms with Crippen LogP contribution in [-0.4, -0.2) is 5.91 Å². The predicted molar refractivity (Wildman–Crippen MR) is 75.1 cm³/mol. The van der Waals surface area contributed by atoms with E-state index in [1.807, 2.05) is 0 Å². The number of rotatable bonds is 3. The van der Waals surface area contributed by atoms with Crippen molar-refractivity contribution in [1.82, 2.24) is 0 Å². The van der Waals surface area contributed by atoms with Crippen LogP contribution in [0.25, 0.3) is 0 Å². The van der Waals surface area contributed by atoms with Crippen LogP contribution in [0.3, 0.4) is 0 Å². The number of amides is 1. The van der Waals surface area contributed by atoms with E-state index >= 15 is 0 Å². The molecule has 0 unspecified atom stereocenters. The first kappa shape index (κ1) is 13.6. The summed E-state index contributed by atoms with van der Waals surface area (Å²) in [4.78, 5) is 11.9. The third-order valence-corrected chi connectivity index (χ3v) is 3.11. The van der Waals surface area contributed by atoms with Crippen molar-refractivity contribution in [2.24, 2.45) is 0 Å². The highest BCUT2D eigenvalue weighted by Crippen LogP contribution is 2.15. The van der Waals surface area contributed by atoms with Gasteiger partial charge in [0.1, 0.15) is 5.82 Å². The molecule has 0 atom stereocenters. The molecule has 4 heteroatoms. The van der Waals surface area contributed by atoms with Crippen LogP contribution in [-0.2, 0) is 5.88 Å². The number of carbonyl (C=O) groups is 1. The van der Waals surface area contributed by atoms with Crippen LogP contribution >= 0.6 is 11.6 Å². The van der Waals surface area contributed by atoms with E-state index in [2.05, 4.69) is 5.32 Å². The smallest absolute Gasteiger partial charge is 0.255 e. The number of hydrogen-bond donors (Lipinski definition) is 1. The number of alkyl halides is 1. The summed E-state index contributed by atoms with van der Waals surface area (Å²) in [5.74, 6) is -0.204. The van der Waals surface area contributed by atoms with Crippen molar-refractivity contribution in [3.63, 3.8) is 0 Å². The highest BCUT2D eigenvalue weighted by molar-refractivity contribution is 6.17. The zero-order valence-electron chi connectivity index (χ0n) is 10.4. The summed E-state index contributed by atoms with van der Waals surface area (Å²) in [5.41, 5.74) is 2.44. The van der Waals surface area contributed by atoms with Gasteiger partial charge >= 0.3 is 0 Å². The second-order valence-electron chi connectivity index (χ2n) is 4.25. The summed E-state index contributed by atoms with van der Waals surface area (Å²) in [7, 11) is 0. The molecule has 0 radical (unpaired) electrons. The molecule has 2 nitrogen and oxygen atoms in total. The first-order valence-corrected chi connectivity index (χ1v) is 6.36. The van der Waals surface area contributed by atoms with Crippen molar-refractivity contribution < 1.29 is 9.18 Å². The Morgan fingerprint density at radius 3 is 2.47 bits per heavy atom. The Bertz CT molecular complexity index is 596. The molecule has 2 aromatic rings. The summed E-state index contributed by atoms with van der Waals surface area (Å²) >= 11 is 5.68. The molecule has 0 saturated heterocycles. The minimum absolute atomic E-state index is 0.274. The largest absolute Gasteiger partial charge is 0.322 e. The van der Waals surface area contributed by atoms with Crippen molar-refractivity contribution in [1.29, 1.82) is 0 Å². The summed E-state index contributed by atoms with van der Waals surface area (Å²) in [6.07, 6.45) is 0. The maximum atomic E-state index is 13.4. The lowest BCUT2D eigenvalue weighted by Gasteiger charge is -2.06. The quantitative estimate of drug-likeness (QED) is 0.840. The normalized spacial score (nSPS) is 10.3. The maximum Gasteiger partial charge on any atom is 0.255 e. The van der Waals surface area contributed by atoms with E-state index in [9.17, 15) is 9.18 Å². The van der Waals surface area contributed by atoms with Crippen molar-refractivity contribution in [3.05, 3.63) is 65.0 Å². The Hall–Kier alpha value is -1.87.